The third kappa shape index (κ3) is 4.25. The molecule has 3 rings (SSSR count). The number of anilines is 1. The molecule has 1 aliphatic heterocycles. The summed E-state index contributed by atoms with van der Waals surface area (Å²) >= 11 is 8.80. The number of thiazole rings is 1. The number of amides is 2. The summed E-state index contributed by atoms with van der Waals surface area (Å²) in [5.41, 5.74) is 1.02. The number of rotatable bonds is 5. The Morgan fingerprint density at radius 2 is 2.22 bits per heavy atom. The average Bonchev–Trinajstić information content (AvgIpc) is 3.11. The van der Waals surface area contributed by atoms with Gasteiger partial charge in [-0.2, -0.15) is 0 Å². The van der Waals surface area contributed by atoms with E-state index in [2.05, 4.69) is 10.3 Å². The zero-order valence-corrected chi connectivity index (χ0v) is 14.5. The molecule has 1 aromatic carbocycles. The maximum absolute atomic E-state index is 12.0. The smallest absolute Gasteiger partial charge is 0.282 e. The normalized spacial score (nSPS) is 14.3. The monoisotopic (exact) mass is 367 g/mol. The van der Waals surface area contributed by atoms with E-state index in [9.17, 15) is 9.59 Å². The van der Waals surface area contributed by atoms with E-state index in [0.29, 0.717) is 18.1 Å². The predicted molar refractivity (Wildman–Crippen MR) is 94.4 cm³/mol. The molecule has 0 saturated carbocycles. The van der Waals surface area contributed by atoms with Crippen LogP contribution in [-0.4, -0.2) is 39.9 Å². The van der Waals surface area contributed by atoms with Gasteiger partial charge in [-0.15, -0.1) is 11.3 Å². The summed E-state index contributed by atoms with van der Waals surface area (Å²) in [7, 11) is 0. The van der Waals surface area contributed by atoms with Crippen LogP contribution < -0.4 is 5.32 Å². The average molecular weight is 368 g/mol. The van der Waals surface area contributed by atoms with Crippen molar-refractivity contribution in [3.63, 3.8) is 0 Å². The summed E-state index contributed by atoms with van der Waals surface area (Å²) in [6.45, 7) is 0.692. The van der Waals surface area contributed by atoms with E-state index in [4.69, 9.17) is 11.6 Å². The fraction of sp³-hybridized carbons (Fsp3) is 0.267. The van der Waals surface area contributed by atoms with E-state index in [-0.39, 0.29) is 17.7 Å². The van der Waals surface area contributed by atoms with E-state index in [1.165, 1.54) is 28.0 Å². The number of nitrogens with zero attached hydrogens (tertiary/aromatic N) is 2. The molecule has 0 atom stereocenters. The maximum Gasteiger partial charge on any atom is 0.282 e. The molecule has 1 aromatic heterocycles. The largest absolute Gasteiger partial charge is 0.323 e. The van der Waals surface area contributed by atoms with Crippen LogP contribution in [0.5, 0.6) is 0 Å². The summed E-state index contributed by atoms with van der Waals surface area (Å²) in [5.74, 6) is 0.519. The molecule has 2 amide bonds. The Morgan fingerprint density at radius 1 is 1.39 bits per heavy atom. The Labute approximate surface area is 147 Å². The van der Waals surface area contributed by atoms with E-state index >= 15 is 0 Å². The molecule has 0 spiro atoms. The molecule has 23 heavy (non-hydrogen) atoms. The molecule has 8 heteroatoms. The summed E-state index contributed by atoms with van der Waals surface area (Å²) in [5, 5.41) is 3.96. The summed E-state index contributed by atoms with van der Waals surface area (Å²) in [6.07, 6.45) is 2.41. The van der Waals surface area contributed by atoms with Crippen LogP contribution >= 0.6 is 34.7 Å². The zero-order valence-electron chi connectivity index (χ0n) is 12.1. The van der Waals surface area contributed by atoms with Crippen LogP contribution in [0.3, 0.4) is 0 Å². The van der Waals surface area contributed by atoms with Crippen LogP contribution in [0.4, 0.5) is 9.93 Å². The van der Waals surface area contributed by atoms with E-state index in [1.54, 1.807) is 6.20 Å². The number of thioether (sulfide) groups is 1. The van der Waals surface area contributed by atoms with Crippen LogP contribution in [-0.2, 0) is 11.2 Å². The molecular weight excluding hydrogens is 354 g/mol. The third-order valence-electron chi connectivity index (χ3n) is 3.30. The molecule has 2 aromatic rings. The lowest BCUT2D eigenvalue weighted by Crippen LogP contribution is -2.33. The number of aromatic nitrogens is 1. The molecule has 0 radical (unpaired) electrons. The lowest BCUT2D eigenvalue weighted by molar-refractivity contribution is -0.116. The quantitative estimate of drug-likeness (QED) is 0.878. The highest BCUT2D eigenvalue weighted by Crippen LogP contribution is 2.25. The first kappa shape index (κ1) is 16.3. The second-order valence-corrected chi connectivity index (χ2v) is 7.55. The highest BCUT2D eigenvalue weighted by molar-refractivity contribution is 8.13. The fourth-order valence-corrected chi connectivity index (χ4v) is 4.06. The van der Waals surface area contributed by atoms with Gasteiger partial charge in [-0.25, -0.2) is 4.98 Å². The molecule has 1 aliphatic rings. The van der Waals surface area contributed by atoms with Gasteiger partial charge in [0, 0.05) is 34.8 Å². The summed E-state index contributed by atoms with van der Waals surface area (Å²) in [4.78, 5) is 30.2. The number of halogens is 1. The van der Waals surface area contributed by atoms with Gasteiger partial charge >= 0.3 is 0 Å². The molecule has 2 heterocycles. The molecular formula is C15H14ClN3O2S2. The molecule has 1 saturated heterocycles. The Hall–Kier alpha value is -1.57. The Kier molecular flexibility index (Phi) is 5.20. The van der Waals surface area contributed by atoms with Crippen LogP contribution in [0.2, 0.25) is 5.02 Å². The number of benzene rings is 1. The van der Waals surface area contributed by atoms with Gasteiger partial charge in [-0.1, -0.05) is 41.6 Å². The minimum absolute atomic E-state index is 0.0429. The molecule has 120 valence electrons. The number of carbonyl (C=O) groups excluding carboxylic acids is 2. The van der Waals surface area contributed by atoms with Crippen molar-refractivity contribution in [2.75, 3.05) is 24.2 Å². The highest BCUT2D eigenvalue weighted by Gasteiger charge is 2.23. The molecule has 0 unspecified atom stereocenters. The first-order chi connectivity index (χ1) is 11.1. The summed E-state index contributed by atoms with van der Waals surface area (Å²) < 4.78 is 0. The van der Waals surface area contributed by atoms with Crippen molar-refractivity contribution < 1.29 is 9.59 Å². The fourth-order valence-electron chi connectivity index (χ4n) is 2.18. The Bertz CT molecular complexity index is 735. The van der Waals surface area contributed by atoms with Gasteiger partial charge in [-0.3, -0.25) is 9.59 Å². The zero-order chi connectivity index (χ0) is 16.2. The number of nitrogens with one attached hydrogen (secondary N) is 1. The minimum atomic E-state index is -0.223. The first-order valence-electron chi connectivity index (χ1n) is 7.01. The van der Waals surface area contributed by atoms with Crippen molar-refractivity contribution in [2.24, 2.45) is 0 Å². The summed E-state index contributed by atoms with van der Waals surface area (Å²) in [6, 6.07) is 7.65. The van der Waals surface area contributed by atoms with Crippen molar-refractivity contribution in [1.29, 1.82) is 0 Å². The van der Waals surface area contributed by atoms with E-state index in [1.807, 2.05) is 24.3 Å². The van der Waals surface area contributed by atoms with E-state index in [0.717, 1.165) is 21.2 Å². The van der Waals surface area contributed by atoms with Gasteiger partial charge in [0.2, 0.25) is 5.91 Å². The molecule has 0 aliphatic carbocycles. The molecule has 0 bridgehead atoms. The van der Waals surface area contributed by atoms with Gasteiger partial charge < -0.3 is 10.2 Å². The Balaban J connectivity index is 1.58. The topological polar surface area (TPSA) is 62.3 Å². The van der Waals surface area contributed by atoms with Crippen LogP contribution in [0.1, 0.15) is 10.4 Å². The van der Waals surface area contributed by atoms with Gasteiger partial charge in [0.05, 0.1) is 0 Å². The van der Waals surface area contributed by atoms with Crippen molar-refractivity contribution in [3.05, 3.63) is 45.9 Å². The van der Waals surface area contributed by atoms with Crippen LogP contribution in [0, 0.1) is 0 Å². The van der Waals surface area contributed by atoms with Gasteiger partial charge in [0.1, 0.15) is 6.54 Å². The SMILES string of the molecule is O=C(CN1CCSC1=O)Nc1ncc(Cc2ccccc2Cl)s1. The van der Waals surface area contributed by atoms with Crippen molar-refractivity contribution in [2.45, 2.75) is 6.42 Å². The maximum atomic E-state index is 12.0. The highest BCUT2D eigenvalue weighted by atomic mass is 35.5. The number of hydrogen-bond donors (Lipinski definition) is 1. The predicted octanol–water partition coefficient (Wildman–Crippen LogP) is 3.49. The van der Waals surface area contributed by atoms with Crippen molar-refractivity contribution in [1.82, 2.24) is 9.88 Å². The standard InChI is InChI=1S/C15H14ClN3O2S2/c16-12-4-2-1-3-10(12)7-11-8-17-14(23-11)18-13(20)9-19-5-6-22-15(19)21/h1-4,8H,5-7,9H2,(H,17,18,20). The van der Waals surface area contributed by atoms with Gasteiger partial charge in [-0.05, 0) is 11.6 Å². The Morgan fingerprint density at radius 3 is 2.96 bits per heavy atom. The second kappa shape index (κ2) is 7.33. The van der Waals surface area contributed by atoms with Crippen LogP contribution in [0.15, 0.2) is 30.5 Å². The minimum Gasteiger partial charge on any atom is -0.323 e. The number of carbonyl (C=O) groups is 2. The first-order valence-corrected chi connectivity index (χ1v) is 9.19. The number of hydrogen-bond acceptors (Lipinski definition) is 5. The molecule has 1 fully saturated rings. The van der Waals surface area contributed by atoms with Crippen LogP contribution in [0.25, 0.3) is 0 Å². The lowest BCUT2D eigenvalue weighted by atomic mass is 10.1. The van der Waals surface area contributed by atoms with Crippen molar-refractivity contribution in [3.8, 4) is 0 Å². The van der Waals surface area contributed by atoms with Gasteiger partial charge in [0.15, 0.2) is 5.13 Å². The lowest BCUT2D eigenvalue weighted by Gasteiger charge is -2.12. The van der Waals surface area contributed by atoms with Gasteiger partial charge in [0.25, 0.3) is 5.24 Å². The molecule has 5 nitrogen and oxygen atoms in total. The third-order valence-corrected chi connectivity index (χ3v) is 5.48. The second-order valence-electron chi connectivity index (χ2n) is 4.98. The molecule has 1 N–H and O–H groups in total. The van der Waals surface area contributed by atoms with Crippen molar-refractivity contribution >= 4 is 51.0 Å². The van der Waals surface area contributed by atoms with E-state index < -0.39 is 0 Å².